The second-order valence-electron chi connectivity index (χ2n) is 5.29. The average molecular weight is 291 g/mol. The number of hydrogen-bond acceptors (Lipinski definition) is 3. The van der Waals surface area contributed by atoms with E-state index in [0.29, 0.717) is 5.57 Å². The summed E-state index contributed by atoms with van der Waals surface area (Å²) in [7, 11) is 3.80. The second-order valence-corrected chi connectivity index (χ2v) is 5.29. The Labute approximate surface area is 129 Å². The van der Waals surface area contributed by atoms with Crippen LogP contribution < -0.4 is 0 Å². The summed E-state index contributed by atoms with van der Waals surface area (Å²) < 4.78 is 1.81. The molecule has 0 radical (unpaired) electrons. The summed E-state index contributed by atoms with van der Waals surface area (Å²) in [4.78, 5) is 13.5. The molecule has 1 aromatic carbocycles. The van der Waals surface area contributed by atoms with Crippen LogP contribution in [0.2, 0.25) is 0 Å². The highest BCUT2D eigenvalue weighted by molar-refractivity contribution is 6.12. The monoisotopic (exact) mass is 291 g/mol. The quantitative estimate of drug-likeness (QED) is 0.547. The molecule has 22 heavy (non-hydrogen) atoms. The van der Waals surface area contributed by atoms with Crippen molar-refractivity contribution in [2.75, 3.05) is 14.1 Å². The normalized spacial score (nSPS) is 11.6. The van der Waals surface area contributed by atoms with Crippen molar-refractivity contribution in [1.29, 1.82) is 0 Å². The van der Waals surface area contributed by atoms with E-state index >= 15 is 0 Å². The summed E-state index contributed by atoms with van der Waals surface area (Å²) in [6.45, 7) is 0. The smallest absolute Gasteiger partial charge is 0.152 e. The standard InChI is InChI=1S/C18H17N3O/c1-20(2)12-15(13-22)17-16-10-6-7-11-21(16)19-18(17)14-8-4-3-5-9-14/h3-13H,1-2H3/b15-12-. The molecule has 2 aromatic heterocycles. The molecule has 3 aromatic rings. The molecule has 0 amide bonds. The van der Waals surface area contributed by atoms with E-state index in [9.17, 15) is 4.79 Å². The zero-order chi connectivity index (χ0) is 15.5. The fourth-order valence-corrected chi connectivity index (χ4v) is 2.51. The van der Waals surface area contributed by atoms with Gasteiger partial charge < -0.3 is 4.90 Å². The lowest BCUT2D eigenvalue weighted by Gasteiger charge is -2.08. The van der Waals surface area contributed by atoms with E-state index in [-0.39, 0.29) is 0 Å². The van der Waals surface area contributed by atoms with Crippen LogP contribution in [0.25, 0.3) is 22.3 Å². The van der Waals surface area contributed by atoms with Crippen LogP contribution in [-0.4, -0.2) is 34.9 Å². The molecule has 0 spiro atoms. The summed E-state index contributed by atoms with van der Waals surface area (Å²) >= 11 is 0. The maximum Gasteiger partial charge on any atom is 0.152 e. The Kier molecular flexibility index (Phi) is 3.74. The van der Waals surface area contributed by atoms with Crippen LogP contribution in [0.5, 0.6) is 0 Å². The van der Waals surface area contributed by atoms with E-state index in [1.807, 2.05) is 84.4 Å². The molecule has 4 nitrogen and oxygen atoms in total. The molecule has 0 atom stereocenters. The van der Waals surface area contributed by atoms with Gasteiger partial charge in [0.25, 0.3) is 0 Å². The van der Waals surface area contributed by atoms with Crippen molar-refractivity contribution >= 4 is 17.4 Å². The number of nitrogens with zero attached hydrogens (tertiary/aromatic N) is 3. The van der Waals surface area contributed by atoms with Crippen LogP contribution in [0.4, 0.5) is 0 Å². The molecule has 0 N–H and O–H groups in total. The Morgan fingerprint density at radius 2 is 1.82 bits per heavy atom. The molecule has 0 unspecified atom stereocenters. The zero-order valence-corrected chi connectivity index (χ0v) is 12.6. The van der Waals surface area contributed by atoms with Crippen molar-refractivity contribution in [2.24, 2.45) is 0 Å². The summed E-state index contributed by atoms with van der Waals surface area (Å²) in [6.07, 6.45) is 4.60. The van der Waals surface area contributed by atoms with Gasteiger partial charge in [-0.3, -0.25) is 4.79 Å². The van der Waals surface area contributed by atoms with Crippen molar-refractivity contribution in [2.45, 2.75) is 0 Å². The third-order valence-electron chi connectivity index (χ3n) is 3.40. The van der Waals surface area contributed by atoms with E-state index in [2.05, 4.69) is 5.10 Å². The highest BCUT2D eigenvalue weighted by atomic mass is 16.1. The lowest BCUT2D eigenvalue weighted by Crippen LogP contribution is -2.03. The maximum absolute atomic E-state index is 11.6. The molecule has 0 fully saturated rings. The first-order chi connectivity index (χ1) is 10.7. The minimum atomic E-state index is 0.616. The number of rotatable bonds is 4. The third-order valence-corrected chi connectivity index (χ3v) is 3.40. The third kappa shape index (κ3) is 2.51. The van der Waals surface area contributed by atoms with Gasteiger partial charge in [0.1, 0.15) is 5.69 Å². The molecule has 0 saturated carbocycles. The number of fused-ring (bicyclic) bond motifs is 1. The Morgan fingerprint density at radius 1 is 1.09 bits per heavy atom. The minimum Gasteiger partial charge on any atom is -0.383 e. The minimum absolute atomic E-state index is 0.616. The summed E-state index contributed by atoms with van der Waals surface area (Å²) in [5.41, 5.74) is 4.20. The van der Waals surface area contributed by atoms with Crippen LogP contribution in [0.1, 0.15) is 5.56 Å². The van der Waals surface area contributed by atoms with E-state index < -0.39 is 0 Å². The predicted octanol–water partition coefficient (Wildman–Crippen LogP) is 3.10. The van der Waals surface area contributed by atoms with Gasteiger partial charge in [0.2, 0.25) is 0 Å². The second kappa shape index (κ2) is 5.85. The zero-order valence-electron chi connectivity index (χ0n) is 12.6. The Bertz CT molecular complexity index is 832. The largest absolute Gasteiger partial charge is 0.383 e. The highest BCUT2D eigenvalue weighted by Crippen LogP contribution is 2.31. The number of benzene rings is 1. The molecular formula is C18H17N3O. The molecular weight excluding hydrogens is 274 g/mol. The van der Waals surface area contributed by atoms with Gasteiger partial charge in [0, 0.05) is 43.2 Å². The summed E-state index contributed by atoms with van der Waals surface area (Å²) in [6, 6.07) is 15.8. The molecule has 0 aliphatic carbocycles. The van der Waals surface area contributed by atoms with Crippen LogP contribution in [-0.2, 0) is 4.79 Å². The van der Waals surface area contributed by atoms with Crippen molar-refractivity contribution in [1.82, 2.24) is 14.5 Å². The van der Waals surface area contributed by atoms with Crippen molar-refractivity contribution < 1.29 is 4.79 Å². The topological polar surface area (TPSA) is 37.6 Å². The summed E-state index contributed by atoms with van der Waals surface area (Å²) in [5.74, 6) is 0. The fraction of sp³-hybridized carbons (Fsp3) is 0.111. The van der Waals surface area contributed by atoms with Gasteiger partial charge in [-0.2, -0.15) is 5.10 Å². The molecule has 0 bridgehead atoms. The molecule has 0 aliphatic rings. The van der Waals surface area contributed by atoms with Gasteiger partial charge >= 0.3 is 0 Å². The number of carbonyl (C=O) groups excluding carboxylic acids is 1. The predicted molar refractivity (Wildman–Crippen MR) is 88.4 cm³/mol. The van der Waals surface area contributed by atoms with Crippen molar-refractivity contribution in [3.8, 4) is 11.3 Å². The van der Waals surface area contributed by atoms with Crippen LogP contribution in [0.15, 0.2) is 60.9 Å². The van der Waals surface area contributed by atoms with Crippen LogP contribution in [0, 0.1) is 0 Å². The number of carbonyl (C=O) groups is 1. The van der Waals surface area contributed by atoms with E-state index in [0.717, 1.165) is 28.6 Å². The Hall–Kier alpha value is -2.88. The van der Waals surface area contributed by atoms with Gasteiger partial charge in [-0.05, 0) is 12.1 Å². The maximum atomic E-state index is 11.6. The van der Waals surface area contributed by atoms with E-state index in [1.165, 1.54) is 0 Å². The first kappa shape index (κ1) is 14.1. The number of aldehydes is 1. The summed E-state index contributed by atoms with van der Waals surface area (Å²) in [5, 5.41) is 4.66. The molecule has 2 heterocycles. The molecule has 110 valence electrons. The number of pyridine rings is 1. The van der Waals surface area contributed by atoms with Crippen LogP contribution >= 0.6 is 0 Å². The molecule has 0 aliphatic heterocycles. The van der Waals surface area contributed by atoms with E-state index in [1.54, 1.807) is 0 Å². The van der Waals surface area contributed by atoms with E-state index in [4.69, 9.17) is 0 Å². The Balaban J connectivity index is 2.33. The molecule has 4 heteroatoms. The van der Waals surface area contributed by atoms with Crippen LogP contribution in [0.3, 0.4) is 0 Å². The van der Waals surface area contributed by atoms with Gasteiger partial charge in [-0.15, -0.1) is 0 Å². The lowest BCUT2D eigenvalue weighted by atomic mass is 10.0. The number of aromatic nitrogens is 2. The Morgan fingerprint density at radius 3 is 2.50 bits per heavy atom. The van der Waals surface area contributed by atoms with Gasteiger partial charge in [-0.1, -0.05) is 36.4 Å². The lowest BCUT2D eigenvalue weighted by molar-refractivity contribution is -0.103. The SMILES string of the molecule is CN(C)/C=C(/C=O)c1c(-c2ccccc2)nn2ccccc12. The first-order valence-corrected chi connectivity index (χ1v) is 7.07. The first-order valence-electron chi connectivity index (χ1n) is 7.07. The number of hydrogen-bond donors (Lipinski definition) is 0. The number of allylic oxidation sites excluding steroid dienone is 1. The average Bonchev–Trinajstić information content (AvgIpc) is 2.92. The van der Waals surface area contributed by atoms with Gasteiger partial charge in [0.05, 0.1) is 5.52 Å². The van der Waals surface area contributed by atoms with Gasteiger partial charge in [-0.25, -0.2) is 4.52 Å². The molecule has 3 rings (SSSR count). The fourth-order valence-electron chi connectivity index (χ4n) is 2.51. The highest BCUT2D eigenvalue weighted by Gasteiger charge is 2.17. The van der Waals surface area contributed by atoms with Crippen molar-refractivity contribution in [3.05, 3.63) is 66.5 Å². The van der Waals surface area contributed by atoms with Gasteiger partial charge in [0.15, 0.2) is 6.29 Å². The van der Waals surface area contributed by atoms with Crippen molar-refractivity contribution in [3.63, 3.8) is 0 Å². The molecule has 0 saturated heterocycles.